The van der Waals surface area contributed by atoms with Gasteiger partial charge < -0.3 is 5.32 Å². The van der Waals surface area contributed by atoms with Crippen molar-refractivity contribution in [2.75, 3.05) is 5.32 Å². The van der Waals surface area contributed by atoms with Crippen molar-refractivity contribution in [1.82, 2.24) is 19.1 Å². The predicted molar refractivity (Wildman–Crippen MR) is 212 cm³/mol. The number of nitrogens with one attached hydrogen (secondary N) is 1. The van der Waals surface area contributed by atoms with E-state index in [2.05, 4.69) is 46.7 Å². The standard InChI is InChI=1S/C43H33N6O2P/c50-42-40-38(45-31-32-17-16-28-44-30-32)29-39(46-41(40)48(33-18-6-1-7-19-33)43(51)49(42)34-20-8-2-9-21-34)47-52(35-22-10-3-11-23-35,36-24-12-4-13-25-36)37-26-14-5-15-27-37/h1-30H,31H2,(H,45,46). The maximum atomic E-state index is 14.7. The van der Waals surface area contributed by atoms with Crippen LogP contribution in [0.5, 0.6) is 0 Å². The molecule has 9 heteroatoms. The van der Waals surface area contributed by atoms with Gasteiger partial charge in [0.05, 0.1) is 24.1 Å². The Balaban J connectivity index is 1.52. The topological polar surface area (TPSA) is 94.2 Å². The third kappa shape index (κ3) is 6.06. The second kappa shape index (κ2) is 14.3. The van der Waals surface area contributed by atoms with Gasteiger partial charge in [-0.05, 0) is 35.9 Å². The van der Waals surface area contributed by atoms with E-state index in [0.717, 1.165) is 21.5 Å². The van der Waals surface area contributed by atoms with Crippen LogP contribution in [0.25, 0.3) is 22.4 Å². The number of aromatic nitrogens is 4. The molecule has 5 aromatic carbocycles. The van der Waals surface area contributed by atoms with Crippen molar-refractivity contribution in [3.8, 4) is 11.4 Å². The number of rotatable bonds is 9. The molecule has 8 aromatic rings. The van der Waals surface area contributed by atoms with Gasteiger partial charge in [0, 0.05) is 40.9 Å². The number of pyridine rings is 2. The van der Waals surface area contributed by atoms with Crippen molar-refractivity contribution < 1.29 is 0 Å². The lowest BCUT2D eigenvalue weighted by atomic mass is 10.2. The molecule has 0 fully saturated rings. The Morgan fingerprint density at radius 3 is 1.60 bits per heavy atom. The first-order valence-electron chi connectivity index (χ1n) is 16.9. The van der Waals surface area contributed by atoms with Crippen LogP contribution in [0.2, 0.25) is 0 Å². The monoisotopic (exact) mass is 696 g/mol. The fourth-order valence-electron chi connectivity index (χ4n) is 6.49. The van der Waals surface area contributed by atoms with Crippen LogP contribution in [0, 0.1) is 0 Å². The zero-order valence-electron chi connectivity index (χ0n) is 28.0. The number of anilines is 1. The lowest BCUT2D eigenvalue weighted by Gasteiger charge is -2.27. The van der Waals surface area contributed by atoms with Crippen molar-refractivity contribution in [2.45, 2.75) is 6.54 Å². The molecule has 8 nitrogen and oxygen atoms in total. The highest BCUT2D eigenvalue weighted by Gasteiger charge is 2.29. The number of nitrogens with zero attached hydrogens (tertiary/aromatic N) is 5. The molecule has 0 bridgehead atoms. The van der Waals surface area contributed by atoms with Crippen LogP contribution in [-0.2, 0) is 6.54 Å². The van der Waals surface area contributed by atoms with Crippen LogP contribution in [0.1, 0.15) is 5.56 Å². The van der Waals surface area contributed by atoms with Gasteiger partial charge in [-0.2, -0.15) is 0 Å². The minimum absolute atomic E-state index is 0.204. The highest BCUT2D eigenvalue weighted by atomic mass is 31.2. The third-order valence-corrected chi connectivity index (χ3v) is 12.5. The molecule has 252 valence electrons. The van der Waals surface area contributed by atoms with Crippen LogP contribution in [0.3, 0.4) is 0 Å². The van der Waals surface area contributed by atoms with E-state index < -0.39 is 18.3 Å². The number of hydrogen-bond donors (Lipinski definition) is 1. The van der Waals surface area contributed by atoms with Gasteiger partial charge in [0.1, 0.15) is 5.39 Å². The normalized spacial score (nSPS) is 11.3. The van der Waals surface area contributed by atoms with Crippen molar-refractivity contribution in [3.05, 3.63) is 209 Å². The minimum Gasteiger partial charge on any atom is -0.380 e. The van der Waals surface area contributed by atoms with E-state index >= 15 is 0 Å². The molecule has 0 radical (unpaired) electrons. The number of para-hydroxylation sites is 2. The van der Waals surface area contributed by atoms with Crippen molar-refractivity contribution in [1.29, 1.82) is 0 Å². The molecule has 0 amide bonds. The van der Waals surface area contributed by atoms with E-state index in [0.29, 0.717) is 29.4 Å². The summed E-state index contributed by atoms with van der Waals surface area (Å²) in [5.74, 6) is 0.382. The summed E-state index contributed by atoms with van der Waals surface area (Å²) in [5.41, 5.74) is 1.63. The molecule has 0 unspecified atom stereocenters. The molecule has 0 spiro atoms. The van der Waals surface area contributed by atoms with Gasteiger partial charge in [-0.3, -0.25) is 9.78 Å². The minimum atomic E-state index is -2.76. The summed E-state index contributed by atoms with van der Waals surface area (Å²) in [6.07, 6.45) is 3.50. The van der Waals surface area contributed by atoms with Crippen LogP contribution in [0.15, 0.2) is 197 Å². The van der Waals surface area contributed by atoms with Gasteiger partial charge in [0.2, 0.25) is 0 Å². The maximum absolute atomic E-state index is 14.7. The Morgan fingerprint density at radius 1 is 0.596 bits per heavy atom. The van der Waals surface area contributed by atoms with Crippen molar-refractivity contribution in [3.63, 3.8) is 0 Å². The summed E-state index contributed by atoms with van der Waals surface area (Å²) >= 11 is 0. The van der Waals surface area contributed by atoms with E-state index in [-0.39, 0.29) is 11.0 Å². The molecular weight excluding hydrogens is 663 g/mol. The summed E-state index contributed by atoms with van der Waals surface area (Å²) in [6, 6.07) is 54.7. The Kier molecular flexibility index (Phi) is 8.96. The maximum Gasteiger partial charge on any atom is 0.341 e. The molecule has 0 aliphatic rings. The Morgan fingerprint density at radius 2 is 1.10 bits per heavy atom. The average Bonchev–Trinajstić information content (AvgIpc) is 3.21. The Labute approximate surface area is 300 Å². The summed E-state index contributed by atoms with van der Waals surface area (Å²) < 4.78 is 8.38. The second-order valence-corrected chi connectivity index (χ2v) is 15.1. The van der Waals surface area contributed by atoms with Crippen LogP contribution in [-0.4, -0.2) is 19.1 Å². The van der Waals surface area contributed by atoms with E-state index in [1.807, 2.05) is 109 Å². The largest absolute Gasteiger partial charge is 0.380 e. The van der Waals surface area contributed by atoms with E-state index in [9.17, 15) is 9.59 Å². The first-order valence-corrected chi connectivity index (χ1v) is 18.6. The SMILES string of the molecule is O=c1c2c(NCc3cccnc3)cc(N=P(c3ccccc3)(c3ccccc3)c3ccccc3)nc2n(-c2ccccc2)c(=O)n1-c1ccccc1. The lowest BCUT2D eigenvalue weighted by molar-refractivity contribution is 0.826. The summed E-state index contributed by atoms with van der Waals surface area (Å²) in [5, 5.41) is 6.90. The van der Waals surface area contributed by atoms with Gasteiger partial charge in [0.25, 0.3) is 5.56 Å². The third-order valence-electron chi connectivity index (χ3n) is 8.87. The van der Waals surface area contributed by atoms with Crippen molar-refractivity contribution >= 4 is 45.5 Å². The molecule has 52 heavy (non-hydrogen) atoms. The smallest absolute Gasteiger partial charge is 0.341 e. The van der Waals surface area contributed by atoms with E-state index in [1.165, 1.54) is 9.13 Å². The van der Waals surface area contributed by atoms with Crippen LogP contribution < -0.4 is 32.5 Å². The van der Waals surface area contributed by atoms with Gasteiger partial charge in [-0.25, -0.2) is 23.7 Å². The first kappa shape index (κ1) is 32.6. The first-order chi connectivity index (χ1) is 25.6. The number of hydrogen-bond acceptors (Lipinski definition) is 6. The molecule has 0 atom stereocenters. The number of benzene rings is 5. The van der Waals surface area contributed by atoms with Gasteiger partial charge in [-0.1, -0.05) is 133 Å². The van der Waals surface area contributed by atoms with Gasteiger partial charge in [0.15, 0.2) is 11.5 Å². The second-order valence-electron chi connectivity index (χ2n) is 12.1. The van der Waals surface area contributed by atoms with Crippen molar-refractivity contribution in [2.24, 2.45) is 4.74 Å². The van der Waals surface area contributed by atoms with E-state index in [4.69, 9.17) is 9.73 Å². The molecule has 3 aromatic heterocycles. The fraction of sp³-hybridized carbons (Fsp3) is 0.0233. The number of fused-ring (bicyclic) bond motifs is 1. The van der Waals surface area contributed by atoms with Gasteiger partial charge in [-0.15, -0.1) is 0 Å². The van der Waals surface area contributed by atoms with Crippen LogP contribution in [0.4, 0.5) is 11.5 Å². The Hall–Kier alpha value is -6.63. The summed E-state index contributed by atoms with van der Waals surface area (Å²) in [4.78, 5) is 38.7. The fourth-order valence-corrected chi connectivity index (χ4v) is 9.95. The summed E-state index contributed by atoms with van der Waals surface area (Å²) in [7, 11) is -2.76. The lowest BCUT2D eigenvalue weighted by Crippen LogP contribution is -2.39. The molecular formula is C43H33N6O2P. The predicted octanol–water partition coefficient (Wildman–Crippen LogP) is 7.35. The molecule has 0 aliphatic heterocycles. The molecule has 0 aliphatic carbocycles. The van der Waals surface area contributed by atoms with Gasteiger partial charge >= 0.3 is 5.69 Å². The zero-order valence-corrected chi connectivity index (χ0v) is 28.9. The summed E-state index contributed by atoms with van der Waals surface area (Å²) in [6.45, 7) is 0.373. The molecule has 8 rings (SSSR count). The zero-order chi connectivity index (χ0) is 35.3. The quantitative estimate of drug-likeness (QED) is 0.159. The highest BCUT2D eigenvalue weighted by molar-refractivity contribution is 7.87. The molecule has 0 saturated carbocycles. The molecule has 3 heterocycles. The Bertz CT molecular complexity index is 2550. The highest BCUT2D eigenvalue weighted by Crippen LogP contribution is 2.49. The molecule has 1 N–H and O–H groups in total. The average molecular weight is 697 g/mol. The molecule has 0 saturated heterocycles. The van der Waals surface area contributed by atoms with Crippen LogP contribution >= 0.6 is 7.05 Å². The van der Waals surface area contributed by atoms with E-state index in [1.54, 1.807) is 36.7 Å².